The molecule has 2 N–H and O–H groups in total. The molecular weight excluding hydrogens is 328 g/mol. The first kappa shape index (κ1) is 16.0. The lowest BCUT2D eigenvalue weighted by molar-refractivity contribution is -0.0494. The topological polar surface area (TPSA) is 77.2 Å². The zero-order chi connectivity index (χ0) is 17.4. The van der Waals surface area contributed by atoms with Crippen LogP contribution in [0.2, 0.25) is 0 Å². The number of nitrogens with zero attached hydrogens (tertiary/aromatic N) is 4. The largest absolute Gasteiger partial charge is 0.431 e. The van der Waals surface area contributed by atoms with Gasteiger partial charge in [-0.2, -0.15) is 8.78 Å². The molecule has 25 heavy (non-hydrogen) atoms. The minimum absolute atomic E-state index is 0.0692. The minimum Gasteiger partial charge on any atom is -0.431 e. The molecule has 0 radical (unpaired) electrons. The summed E-state index contributed by atoms with van der Waals surface area (Å²) < 4.78 is 29.5. The second kappa shape index (κ2) is 6.42. The molecule has 0 bridgehead atoms. The molecule has 1 saturated heterocycles. The first-order valence-electron chi connectivity index (χ1n) is 8.45. The van der Waals surface area contributed by atoms with Crippen molar-refractivity contribution in [1.29, 1.82) is 0 Å². The van der Waals surface area contributed by atoms with Crippen molar-refractivity contribution < 1.29 is 13.5 Å². The zero-order valence-corrected chi connectivity index (χ0v) is 13.7. The van der Waals surface area contributed by atoms with E-state index in [2.05, 4.69) is 19.6 Å². The highest BCUT2D eigenvalue weighted by atomic mass is 19.3. The number of ether oxygens (including phenoxy) is 1. The third-order valence-corrected chi connectivity index (χ3v) is 4.77. The predicted octanol–water partition coefficient (Wildman–Crippen LogP) is 3.20. The van der Waals surface area contributed by atoms with E-state index >= 15 is 0 Å². The normalized spacial score (nSPS) is 17.3. The van der Waals surface area contributed by atoms with Crippen LogP contribution in [0.15, 0.2) is 18.3 Å². The van der Waals surface area contributed by atoms with Gasteiger partial charge in [0.15, 0.2) is 11.6 Å². The SMILES string of the molecule is Nc1ncc(-c2cc(N3CCC3)nc(C3CCC3)n2)cc1OC(F)F. The van der Waals surface area contributed by atoms with Gasteiger partial charge in [-0.25, -0.2) is 15.0 Å². The zero-order valence-electron chi connectivity index (χ0n) is 13.7. The number of nitrogen functional groups attached to an aromatic ring is 1. The van der Waals surface area contributed by atoms with Crippen molar-refractivity contribution in [2.75, 3.05) is 23.7 Å². The highest BCUT2D eigenvalue weighted by Crippen LogP contribution is 2.37. The van der Waals surface area contributed by atoms with E-state index in [9.17, 15) is 8.78 Å². The van der Waals surface area contributed by atoms with Crippen LogP contribution in [0.3, 0.4) is 0 Å². The van der Waals surface area contributed by atoms with Gasteiger partial charge in [0.1, 0.15) is 11.6 Å². The van der Waals surface area contributed by atoms with Gasteiger partial charge >= 0.3 is 6.61 Å². The second-order valence-electron chi connectivity index (χ2n) is 6.42. The van der Waals surface area contributed by atoms with Gasteiger partial charge in [0.25, 0.3) is 0 Å². The summed E-state index contributed by atoms with van der Waals surface area (Å²) in [5.41, 5.74) is 6.87. The molecule has 1 aliphatic heterocycles. The fraction of sp³-hybridized carbons (Fsp3) is 0.471. The third-order valence-electron chi connectivity index (χ3n) is 4.77. The minimum atomic E-state index is -2.95. The molecule has 132 valence electrons. The molecule has 2 aliphatic rings. The van der Waals surface area contributed by atoms with Gasteiger partial charge in [0.05, 0.1) is 5.69 Å². The maximum Gasteiger partial charge on any atom is 0.387 e. The lowest BCUT2D eigenvalue weighted by atomic mass is 9.84. The Morgan fingerprint density at radius 3 is 2.56 bits per heavy atom. The Hall–Kier alpha value is -2.51. The molecule has 2 fully saturated rings. The van der Waals surface area contributed by atoms with Crippen LogP contribution in [0.25, 0.3) is 11.3 Å². The summed E-state index contributed by atoms with van der Waals surface area (Å²) >= 11 is 0. The fourth-order valence-corrected chi connectivity index (χ4v) is 2.94. The van der Waals surface area contributed by atoms with E-state index in [0.717, 1.165) is 44.0 Å². The lowest BCUT2D eigenvalue weighted by Crippen LogP contribution is -2.38. The van der Waals surface area contributed by atoms with Crippen molar-refractivity contribution in [1.82, 2.24) is 15.0 Å². The Morgan fingerprint density at radius 2 is 1.96 bits per heavy atom. The molecule has 1 aliphatic carbocycles. The predicted molar refractivity (Wildman–Crippen MR) is 89.7 cm³/mol. The molecule has 0 atom stereocenters. The van der Waals surface area contributed by atoms with E-state index in [1.54, 1.807) is 0 Å². The summed E-state index contributed by atoms with van der Waals surface area (Å²) in [6.07, 6.45) is 6.03. The number of alkyl halides is 2. The van der Waals surface area contributed by atoms with Gasteiger partial charge in [-0.1, -0.05) is 6.42 Å². The van der Waals surface area contributed by atoms with E-state index in [1.165, 1.54) is 18.7 Å². The molecule has 0 amide bonds. The molecule has 2 aromatic rings. The highest BCUT2D eigenvalue weighted by molar-refractivity contribution is 5.66. The molecule has 2 aromatic heterocycles. The van der Waals surface area contributed by atoms with Crippen molar-refractivity contribution in [3.05, 3.63) is 24.2 Å². The van der Waals surface area contributed by atoms with E-state index in [-0.39, 0.29) is 11.6 Å². The van der Waals surface area contributed by atoms with Crippen LogP contribution in [-0.4, -0.2) is 34.7 Å². The first-order chi connectivity index (χ1) is 12.1. The molecule has 6 nitrogen and oxygen atoms in total. The fourth-order valence-electron chi connectivity index (χ4n) is 2.94. The van der Waals surface area contributed by atoms with E-state index in [0.29, 0.717) is 17.2 Å². The molecular formula is C17H19F2N5O. The number of hydrogen-bond acceptors (Lipinski definition) is 6. The van der Waals surface area contributed by atoms with Gasteiger partial charge < -0.3 is 15.4 Å². The van der Waals surface area contributed by atoms with Gasteiger partial charge in [-0.05, 0) is 25.3 Å². The second-order valence-corrected chi connectivity index (χ2v) is 6.42. The van der Waals surface area contributed by atoms with Crippen LogP contribution < -0.4 is 15.4 Å². The molecule has 3 heterocycles. The monoisotopic (exact) mass is 347 g/mol. The number of pyridine rings is 1. The van der Waals surface area contributed by atoms with Crippen LogP contribution in [0, 0.1) is 0 Å². The molecule has 8 heteroatoms. The first-order valence-corrected chi connectivity index (χ1v) is 8.45. The Labute approximate surface area is 144 Å². The quantitative estimate of drug-likeness (QED) is 0.895. The Bertz CT molecular complexity index is 745. The summed E-state index contributed by atoms with van der Waals surface area (Å²) in [6.45, 7) is -1.01. The Balaban J connectivity index is 1.73. The number of halogens is 2. The van der Waals surface area contributed by atoms with E-state index in [1.807, 2.05) is 6.07 Å². The number of hydrogen-bond donors (Lipinski definition) is 1. The number of nitrogens with two attached hydrogens (primary N) is 1. The Kier molecular flexibility index (Phi) is 4.10. The molecule has 0 aromatic carbocycles. The van der Waals surface area contributed by atoms with E-state index < -0.39 is 6.61 Å². The van der Waals surface area contributed by atoms with E-state index in [4.69, 9.17) is 10.7 Å². The van der Waals surface area contributed by atoms with Crippen molar-refractivity contribution in [2.24, 2.45) is 0 Å². The van der Waals surface area contributed by atoms with Gasteiger partial charge in [-0.15, -0.1) is 0 Å². The molecule has 1 saturated carbocycles. The highest BCUT2D eigenvalue weighted by Gasteiger charge is 2.26. The van der Waals surface area contributed by atoms with Gasteiger partial charge in [0, 0.05) is 36.8 Å². The summed E-state index contributed by atoms with van der Waals surface area (Å²) in [5.74, 6) is 1.87. The maximum absolute atomic E-state index is 12.5. The van der Waals surface area contributed by atoms with Crippen LogP contribution in [0.5, 0.6) is 5.75 Å². The third kappa shape index (κ3) is 3.20. The van der Waals surface area contributed by atoms with Crippen LogP contribution >= 0.6 is 0 Å². The average molecular weight is 347 g/mol. The summed E-state index contributed by atoms with van der Waals surface area (Å²) in [5, 5.41) is 0. The molecule has 0 spiro atoms. The standard InChI is InChI=1S/C17H19F2N5O/c18-17(19)25-13-7-11(9-21-15(13)20)12-8-14(24-5-2-6-24)23-16(22-12)10-3-1-4-10/h7-10,17H,1-6H2,(H2,20,21). The number of aromatic nitrogens is 3. The average Bonchev–Trinajstić information content (AvgIpc) is 2.45. The Morgan fingerprint density at radius 1 is 1.16 bits per heavy atom. The summed E-state index contributed by atoms with van der Waals surface area (Å²) in [7, 11) is 0. The molecule has 0 unspecified atom stereocenters. The summed E-state index contributed by atoms with van der Waals surface area (Å²) in [4.78, 5) is 15.5. The smallest absolute Gasteiger partial charge is 0.387 e. The number of anilines is 2. The van der Waals surface area contributed by atoms with Crippen molar-refractivity contribution in [3.8, 4) is 17.0 Å². The lowest BCUT2D eigenvalue weighted by Gasteiger charge is -2.33. The number of rotatable bonds is 5. The molecule has 4 rings (SSSR count). The van der Waals surface area contributed by atoms with Crippen LogP contribution in [0.4, 0.5) is 20.4 Å². The summed E-state index contributed by atoms with van der Waals surface area (Å²) in [6, 6.07) is 3.34. The van der Waals surface area contributed by atoms with Gasteiger partial charge in [-0.3, -0.25) is 0 Å². The van der Waals surface area contributed by atoms with Crippen LogP contribution in [-0.2, 0) is 0 Å². The van der Waals surface area contributed by atoms with Crippen molar-refractivity contribution in [2.45, 2.75) is 38.2 Å². The van der Waals surface area contributed by atoms with Crippen LogP contribution in [0.1, 0.15) is 37.4 Å². The van der Waals surface area contributed by atoms with Gasteiger partial charge in [0.2, 0.25) is 0 Å². The maximum atomic E-state index is 12.5. The van der Waals surface area contributed by atoms with Crippen molar-refractivity contribution in [3.63, 3.8) is 0 Å². The van der Waals surface area contributed by atoms with Crippen molar-refractivity contribution >= 4 is 11.6 Å².